The van der Waals surface area contributed by atoms with E-state index in [9.17, 15) is 14.4 Å². The molecule has 0 N–H and O–H groups in total. The lowest BCUT2D eigenvalue weighted by Gasteiger charge is -2.30. The van der Waals surface area contributed by atoms with E-state index in [0.717, 1.165) is 23.0 Å². The molecule has 1 aromatic carbocycles. The topological polar surface area (TPSA) is 82.1 Å². The molecule has 0 unspecified atom stereocenters. The number of imidazole rings is 1. The van der Waals surface area contributed by atoms with Crippen LogP contribution in [0.4, 0.5) is 0 Å². The summed E-state index contributed by atoms with van der Waals surface area (Å²) in [6, 6.07) is 9.56. The number of piperidine rings is 1. The van der Waals surface area contributed by atoms with Crippen molar-refractivity contribution >= 4 is 17.1 Å². The minimum Gasteiger partial charge on any atom is -0.341 e. The Kier molecular flexibility index (Phi) is 5.57. The monoisotopic (exact) mass is 409 g/mol. The van der Waals surface area contributed by atoms with Crippen molar-refractivity contribution in [3.63, 3.8) is 0 Å². The van der Waals surface area contributed by atoms with Crippen LogP contribution in [0.3, 0.4) is 0 Å². The van der Waals surface area contributed by atoms with Gasteiger partial charge >= 0.3 is 5.69 Å². The highest BCUT2D eigenvalue weighted by atomic mass is 16.2. The first-order chi connectivity index (χ1) is 14.5. The van der Waals surface area contributed by atoms with Gasteiger partial charge < -0.3 is 9.47 Å². The Labute approximate surface area is 174 Å². The normalized spacial score (nSPS) is 15.1. The number of fused-ring (bicyclic) bond motifs is 1. The van der Waals surface area contributed by atoms with Crippen LogP contribution in [0.5, 0.6) is 0 Å². The molecular formula is C22H27N5O3. The maximum Gasteiger partial charge on any atom is 0.333 e. The van der Waals surface area contributed by atoms with E-state index < -0.39 is 11.2 Å². The lowest BCUT2D eigenvalue weighted by molar-refractivity contribution is -0.133. The Morgan fingerprint density at radius 1 is 1.10 bits per heavy atom. The van der Waals surface area contributed by atoms with Gasteiger partial charge in [0.05, 0.1) is 12.9 Å². The Hall–Kier alpha value is -3.16. The summed E-state index contributed by atoms with van der Waals surface area (Å²) in [6.45, 7) is 6.02. The molecule has 30 heavy (non-hydrogen) atoms. The van der Waals surface area contributed by atoms with Gasteiger partial charge in [0.15, 0.2) is 11.2 Å². The summed E-state index contributed by atoms with van der Waals surface area (Å²) in [5.74, 6) is 0.407. The number of hydrogen-bond donors (Lipinski definition) is 0. The summed E-state index contributed by atoms with van der Waals surface area (Å²) in [6.07, 6.45) is 3.46. The van der Waals surface area contributed by atoms with Gasteiger partial charge in [-0.15, -0.1) is 0 Å². The van der Waals surface area contributed by atoms with E-state index in [2.05, 4.69) is 11.9 Å². The summed E-state index contributed by atoms with van der Waals surface area (Å²) in [5.41, 5.74) is 0.668. The highest BCUT2D eigenvalue weighted by Gasteiger charge is 2.24. The first kappa shape index (κ1) is 20.1. The third-order valence-electron chi connectivity index (χ3n) is 5.94. The average molecular weight is 409 g/mol. The van der Waals surface area contributed by atoms with Gasteiger partial charge in [0.1, 0.15) is 6.54 Å². The van der Waals surface area contributed by atoms with Crippen molar-refractivity contribution in [3.8, 4) is 0 Å². The number of aromatic nitrogens is 4. The quantitative estimate of drug-likeness (QED) is 0.642. The van der Waals surface area contributed by atoms with E-state index in [1.165, 1.54) is 4.57 Å². The van der Waals surface area contributed by atoms with Crippen molar-refractivity contribution in [2.24, 2.45) is 5.92 Å². The van der Waals surface area contributed by atoms with Crippen LogP contribution in [0, 0.1) is 5.92 Å². The van der Waals surface area contributed by atoms with Gasteiger partial charge in [0.25, 0.3) is 5.56 Å². The van der Waals surface area contributed by atoms with Crippen LogP contribution in [0.2, 0.25) is 0 Å². The number of carbonyl (C=O) groups excluding carboxylic acids is 1. The lowest BCUT2D eigenvalue weighted by Crippen LogP contribution is -2.46. The van der Waals surface area contributed by atoms with E-state index in [0.29, 0.717) is 36.7 Å². The molecular weight excluding hydrogens is 382 g/mol. The molecule has 0 atom stereocenters. The fourth-order valence-electron chi connectivity index (χ4n) is 4.02. The summed E-state index contributed by atoms with van der Waals surface area (Å²) >= 11 is 0. The standard InChI is InChI=1S/C22H27N5O3/c1-3-24-15-23-20-19(24)21(29)27(14-18(28)25-11-9-16(2)10-12-25)22(30)26(20)13-17-7-5-4-6-8-17/h4-8,15-16H,3,9-14H2,1-2H3. The smallest absolute Gasteiger partial charge is 0.333 e. The van der Waals surface area contributed by atoms with Gasteiger partial charge in [-0.3, -0.25) is 14.2 Å². The Balaban J connectivity index is 1.78. The highest BCUT2D eigenvalue weighted by Crippen LogP contribution is 2.16. The van der Waals surface area contributed by atoms with Crippen LogP contribution >= 0.6 is 0 Å². The fourth-order valence-corrected chi connectivity index (χ4v) is 4.02. The zero-order valence-electron chi connectivity index (χ0n) is 17.5. The fraction of sp³-hybridized carbons (Fsp3) is 0.455. The zero-order valence-corrected chi connectivity index (χ0v) is 17.5. The maximum atomic E-state index is 13.3. The molecule has 3 heterocycles. The molecule has 1 aliphatic heterocycles. The molecule has 0 radical (unpaired) electrons. The Bertz CT molecular complexity index is 1170. The molecule has 8 heteroatoms. The number of hydrogen-bond acceptors (Lipinski definition) is 4. The maximum absolute atomic E-state index is 13.3. The molecule has 1 amide bonds. The molecule has 0 spiro atoms. The van der Waals surface area contributed by atoms with Crippen molar-refractivity contribution in [2.45, 2.75) is 46.3 Å². The van der Waals surface area contributed by atoms with E-state index in [1.54, 1.807) is 15.8 Å². The lowest BCUT2D eigenvalue weighted by atomic mass is 9.99. The Morgan fingerprint density at radius 2 is 1.80 bits per heavy atom. The van der Waals surface area contributed by atoms with Crippen molar-refractivity contribution < 1.29 is 4.79 Å². The minimum absolute atomic E-state index is 0.186. The molecule has 1 aliphatic rings. The van der Waals surface area contributed by atoms with Crippen LogP contribution < -0.4 is 11.2 Å². The number of carbonyl (C=O) groups is 1. The van der Waals surface area contributed by atoms with Crippen LogP contribution in [0.1, 0.15) is 32.3 Å². The van der Waals surface area contributed by atoms with Crippen LogP contribution in [-0.2, 0) is 24.4 Å². The van der Waals surface area contributed by atoms with Gasteiger partial charge in [0.2, 0.25) is 5.91 Å². The van der Waals surface area contributed by atoms with Crippen LogP contribution in [-0.4, -0.2) is 42.6 Å². The molecule has 158 valence electrons. The van der Waals surface area contributed by atoms with Crippen molar-refractivity contribution in [3.05, 3.63) is 63.1 Å². The summed E-state index contributed by atoms with van der Waals surface area (Å²) < 4.78 is 4.28. The van der Waals surface area contributed by atoms with E-state index in [-0.39, 0.29) is 19.0 Å². The molecule has 1 fully saturated rings. The SMILES string of the molecule is CCn1cnc2c1c(=O)n(CC(=O)N1CCC(C)CC1)c(=O)n2Cc1ccccc1. The number of amides is 1. The number of aryl methyl sites for hydroxylation is 1. The van der Waals surface area contributed by atoms with E-state index >= 15 is 0 Å². The Morgan fingerprint density at radius 3 is 2.47 bits per heavy atom. The molecule has 4 rings (SSSR count). The van der Waals surface area contributed by atoms with Gasteiger partial charge in [-0.2, -0.15) is 0 Å². The number of benzene rings is 1. The van der Waals surface area contributed by atoms with E-state index in [4.69, 9.17) is 0 Å². The zero-order chi connectivity index (χ0) is 21.3. The van der Waals surface area contributed by atoms with Gasteiger partial charge in [-0.25, -0.2) is 14.3 Å². The second kappa shape index (κ2) is 8.30. The molecule has 0 bridgehead atoms. The number of likely N-dealkylation sites (tertiary alicyclic amines) is 1. The van der Waals surface area contributed by atoms with Gasteiger partial charge in [-0.05, 0) is 31.2 Å². The van der Waals surface area contributed by atoms with Crippen LogP contribution in [0.15, 0.2) is 46.2 Å². The third-order valence-corrected chi connectivity index (χ3v) is 5.94. The summed E-state index contributed by atoms with van der Waals surface area (Å²) in [5, 5.41) is 0. The third kappa shape index (κ3) is 3.69. The highest BCUT2D eigenvalue weighted by molar-refractivity contribution is 5.77. The van der Waals surface area contributed by atoms with Gasteiger partial charge in [-0.1, -0.05) is 37.3 Å². The molecule has 0 aliphatic carbocycles. The minimum atomic E-state index is -0.503. The molecule has 3 aromatic rings. The van der Waals surface area contributed by atoms with Crippen molar-refractivity contribution in [1.82, 2.24) is 23.6 Å². The molecule has 2 aromatic heterocycles. The van der Waals surface area contributed by atoms with Crippen LogP contribution in [0.25, 0.3) is 11.2 Å². The second-order valence-electron chi connectivity index (χ2n) is 8.01. The van der Waals surface area contributed by atoms with Crippen molar-refractivity contribution in [2.75, 3.05) is 13.1 Å². The molecule has 0 saturated carbocycles. The largest absolute Gasteiger partial charge is 0.341 e. The second-order valence-corrected chi connectivity index (χ2v) is 8.01. The van der Waals surface area contributed by atoms with Gasteiger partial charge in [0, 0.05) is 19.6 Å². The molecule has 8 nitrogen and oxygen atoms in total. The van der Waals surface area contributed by atoms with Crippen molar-refractivity contribution in [1.29, 1.82) is 0 Å². The number of rotatable bonds is 5. The molecule has 1 saturated heterocycles. The first-order valence-electron chi connectivity index (χ1n) is 10.5. The number of nitrogens with zero attached hydrogens (tertiary/aromatic N) is 5. The predicted octanol–water partition coefficient (Wildman–Crippen LogP) is 1.69. The van der Waals surface area contributed by atoms with E-state index in [1.807, 2.05) is 37.3 Å². The average Bonchev–Trinajstić information content (AvgIpc) is 3.19. The first-order valence-corrected chi connectivity index (χ1v) is 10.5. The summed E-state index contributed by atoms with van der Waals surface area (Å²) in [4.78, 5) is 45.4. The summed E-state index contributed by atoms with van der Waals surface area (Å²) in [7, 11) is 0. The predicted molar refractivity (Wildman–Crippen MR) is 114 cm³/mol.